The van der Waals surface area contributed by atoms with Gasteiger partial charge in [-0.15, -0.1) is 11.3 Å². The number of nitrogens with one attached hydrogen (secondary N) is 2. The molecule has 0 fully saturated rings. The average Bonchev–Trinajstić information content (AvgIpc) is 3.45. The van der Waals surface area contributed by atoms with Crippen LogP contribution in [-0.2, 0) is 30.3 Å². The SMILES string of the molecule is CC[C@H](C)[C@H](C)C(=O)N[C@H](C[C@@H](OC(C)=O)c1nc(C(=O)N[C@@H](Cc2ccccc2)C[C@H](C)C(=O)OC)cs1)C(C)C. The maximum Gasteiger partial charge on any atom is 0.308 e. The molecule has 1 aromatic carbocycles. The number of rotatable bonds is 16. The molecule has 0 aliphatic rings. The van der Waals surface area contributed by atoms with Gasteiger partial charge >= 0.3 is 11.9 Å². The van der Waals surface area contributed by atoms with Crippen LogP contribution in [0.5, 0.6) is 0 Å². The van der Waals surface area contributed by atoms with Crippen molar-refractivity contribution in [3.8, 4) is 0 Å². The van der Waals surface area contributed by atoms with E-state index in [0.29, 0.717) is 24.3 Å². The highest BCUT2D eigenvalue weighted by molar-refractivity contribution is 7.09. The first kappa shape index (κ1) is 34.9. The zero-order chi connectivity index (χ0) is 31.4. The molecule has 1 heterocycles. The fourth-order valence-electron chi connectivity index (χ4n) is 4.67. The lowest BCUT2D eigenvalue weighted by Gasteiger charge is -2.28. The predicted molar refractivity (Wildman–Crippen MR) is 164 cm³/mol. The van der Waals surface area contributed by atoms with Gasteiger partial charge in [-0.3, -0.25) is 19.2 Å². The van der Waals surface area contributed by atoms with E-state index >= 15 is 0 Å². The average molecular weight is 602 g/mol. The standard InChI is InChI=1S/C32H47N3O6S/c1-9-20(4)22(6)29(37)34-26(19(2)3)17-28(41-23(7)36)31-35-27(18-42-31)30(38)33-25(15-21(5)32(39)40-8)16-24-13-11-10-12-14-24/h10-14,18-22,25-26,28H,9,15-17H2,1-8H3,(H,33,38)(H,34,37)/t20-,21-,22-,25+,26+,28+/m0/s1. The molecule has 0 saturated carbocycles. The van der Waals surface area contributed by atoms with Crippen LogP contribution in [0.1, 0.15) is 94.9 Å². The summed E-state index contributed by atoms with van der Waals surface area (Å²) in [6, 6.07) is 9.13. The fourth-order valence-corrected chi connectivity index (χ4v) is 5.51. The highest BCUT2D eigenvalue weighted by Gasteiger charge is 2.30. The summed E-state index contributed by atoms with van der Waals surface area (Å²) in [5, 5.41) is 8.29. The third kappa shape index (κ3) is 10.9. The second kappa shape index (κ2) is 17.0. The van der Waals surface area contributed by atoms with Gasteiger partial charge in [0, 0.05) is 36.7 Å². The monoisotopic (exact) mass is 601 g/mol. The van der Waals surface area contributed by atoms with Gasteiger partial charge in [-0.2, -0.15) is 0 Å². The van der Waals surface area contributed by atoms with Gasteiger partial charge in [-0.1, -0.05) is 78.3 Å². The van der Waals surface area contributed by atoms with Crippen molar-refractivity contribution in [2.75, 3.05) is 7.11 Å². The molecule has 0 aliphatic heterocycles. The molecule has 0 unspecified atom stereocenters. The third-order valence-corrected chi connectivity index (χ3v) is 8.69. The van der Waals surface area contributed by atoms with Crippen LogP contribution in [0, 0.1) is 23.7 Å². The van der Waals surface area contributed by atoms with E-state index in [1.807, 2.05) is 51.1 Å². The van der Waals surface area contributed by atoms with Crippen LogP contribution in [0.4, 0.5) is 0 Å². The Balaban J connectivity index is 2.22. The van der Waals surface area contributed by atoms with E-state index in [4.69, 9.17) is 9.47 Å². The molecule has 232 valence electrons. The van der Waals surface area contributed by atoms with Gasteiger partial charge in [0.05, 0.1) is 13.0 Å². The minimum atomic E-state index is -0.722. The van der Waals surface area contributed by atoms with Crippen LogP contribution < -0.4 is 10.6 Å². The van der Waals surface area contributed by atoms with E-state index in [0.717, 1.165) is 12.0 Å². The van der Waals surface area contributed by atoms with Gasteiger partial charge in [-0.25, -0.2) is 4.98 Å². The van der Waals surface area contributed by atoms with Gasteiger partial charge < -0.3 is 20.1 Å². The molecular formula is C32H47N3O6S. The van der Waals surface area contributed by atoms with Crippen LogP contribution in [0.25, 0.3) is 0 Å². The second-order valence-electron chi connectivity index (χ2n) is 11.5. The van der Waals surface area contributed by atoms with Crippen molar-refractivity contribution in [1.29, 1.82) is 0 Å². The zero-order valence-corrected chi connectivity index (χ0v) is 27.0. The molecule has 2 aromatic rings. The van der Waals surface area contributed by atoms with Crippen molar-refractivity contribution in [3.63, 3.8) is 0 Å². The number of esters is 2. The summed E-state index contributed by atoms with van der Waals surface area (Å²) in [5.74, 6) is -1.46. The van der Waals surface area contributed by atoms with Crippen molar-refractivity contribution in [2.45, 2.75) is 92.3 Å². The first-order valence-electron chi connectivity index (χ1n) is 14.7. The van der Waals surface area contributed by atoms with Gasteiger partial charge in [0.1, 0.15) is 10.7 Å². The lowest BCUT2D eigenvalue weighted by atomic mass is 9.91. The van der Waals surface area contributed by atoms with Gasteiger partial charge in [-0.05, 0) is 30.2 Å². The van der Waals surface area contributed by atoms with E-state index < -0.39 is 18.0 Å². The first-order valence-corrected chi connectivity index (χ1v) is 15.6. The molecule has 1 aromatic heterocycles. The number of thiazole rings is 1. The van der Waals surface area contributed by atoms with E-state index in [9.17, 15) is 19.2 Å². The molecular weight excluding hydrogens is 554 g/mol. The molecule has 2 amide bonds. The molecule has 2 N–H and O–H groups in total. The molecule has 42 heavy (non-hydrogen) atoms. The molecule has 0 spiro atoms. The Labute approximate surface area is 254 Å². The zero-order valence-electron chi connectivity index (χ0n) is 26.1. The normalized spacial score (nSPS) is 15.5. The first-order chi connectivity index (χ1) is 19.9. The quantitative estimate of drug-likeness (QED) is 0.244. The Morgan fingerprint density at radius 1 is 0.976 bits per heavy atom. The Kier molecular flexibility index (Phi) is 14.1. The Bertz CT molecular complexity index is 1170. The van der Waals surface area contributed by atoms with Crippen molar-refractivity contribution < 1.29 is 28.7 Å². The second-order valence-corrected chi connectivity index (χ2v) is 12.3. The van der Waals surface area contributed by atoms with E-state index in [-0.39, 0.29) is 53.3 Å². The number of hydrogen-bond acceptors (Lipinski definition) is 8. The molecule has 6 atom stereocenters. The largest absolute Gasteiger partial charge is 0.469 e. The Morgan fingerprint density at radius 2 is 1.64 bits per heavy atom. The van der Waals surface area contributed by atoms with Crippen molar-refractivity contribution >= 4 is 35.1 Å². The van der Waals surface area contributed by atoms with E-state index in [2.05, 4.69) is 29.5 Å². The van der Waals surface area contributed by atoms with Crippen molar-refractivity contribution in [1.82, 2.24) is 15.6 Å². The predicted octanol–water partition coefficient (Wildman–Crippen LogP) is 5.50. The number of ether oxygens (including phenoxy) is 2. The lowest BCUT2D eigenvalue weighted by molar-refractivity contribution is -0.147. The van der Waals surface area contributed by atoms with Crippen LogP contribution in [-0.4, -0.2) is 47.9 Å². The molecule has 10 heteroatoms. The third-order valence-electron chi connectivity index (χ3n) is 7.75. The Morgan fingerprint density at radius 3 is 2.21 bits per heavy atom. The van der Waals surface area contributed by atoms with Gasteiger partial charge in [0.15, 0.2) is 6.10 Å². The summed E-state index contributed by atoms with van der Waals surface area (Å²) in [4.78, 5) is 54.9. The summed E-state index contributed by atoms with van der Waals surface area (Å²) in [5.41, 5.74) is 1.23. The van der Waals surface area contributed by atoms with Gasteiger partial charge in [0.2, 0.25) is 5.91 Å². The maximum absolute atomic E-state index is 13.3. The van der Waals surface area contributed by atoms with Crippen molar-refractivity contribution in [3.05, 3.63) is 52.0 Å². The topological polar surface area (TPSA) is 124 Å². The van der Waals surface area contributed by atoms with Crippen LogP contribution in [0.2, 0.25) is 0 Å². The molecule has 0 radical (unpaired) electrons. The van der Waals surface area contributed by atoms with E-state index in [1.54, 1.807) is 12.3 Å². The highest BCUT2D eigenvalue weighted by Crippen LogP contribution is 2.29. The molecule has 9 nitrogen and oxygen atoms in total. The maximum atomic E-state index is 13.3. The number of nitrogens with zero attached hydrogens (tertiary/aromatic N) is 1. The Hall–Kier alpha value is -3.27. The van der Waals surface area contributed by atoms with Crippen LogP contribution in [0.15, 0.2) is 35.7 Å². The number of benzene rings is 1. The summed E-state index contributed by atoms with van der Waals surface area (Å²) in [6.07, 6.45) is 1.43. The van der Waals surface area contributed by atoms with Crippen LogP contribution in [0.3, 0.4) is 0 Å². The number of aromatic nitrogens is 1. The molecule has 0 saturated heterocycles. The number of carbonyl (C=O) groups excluding carboxylic acids is 4. The minimum absolute atomic E-state index is 0.0329. The summed E-state index contributed by atoms with van der Waals surface area (Å²) < 4.78 is 10.5. The van der Waals surface area contributed by atoms with Crippen LogP contribution >= 0.6 is 11.3 Å². The molecule has 2 rings (SSSR count). The lowest BCUT2D eigenvalue weighted by Crippen LogP contribution is -2.43. The number of carbonyl (C=O) groups is 4. The molecule has 0 bridgehead atoms. The fraction of sp³-hybridized carbons (Fsp3) is 0.594. The van der Waals surface area contributed by atoms with Gasteiger partial charge in [0.25, 0.3) is 5.91 Å². The number of hydrogen-bond donors (Lipinski definition) is 2. The number of methoxy groups -OCH3 is 1. The smallest absolute Gasteiger partial charge is 0.308 e. The summed E-state index contributed by atoms with van der Waals surface area (Å²) >= 11 is 1.23. The molecule has 0 aliphatic carbocycles. The minimum Gasteiger partial charge on any atom is -0.469 e. The van der Waals surface area contributed by atoms with Crippen molar-refractivity contribution in [2.24, 2.45) is 23.7 Å². The number of amides is 2. The van der Waals surface area contributed by atoms with E-state index in [1.165, 1.54) is 25.4 Å². The highest BCUT2D eigenvalue weighted by atomic mass is 32.1. The summed E-state index contributed by atoms with van der Waals surface area (Å²) in [6.45, 7) is 13.2. The summed E-state index contributed by atoms with van der Waals surface area (Å²) in [7, 11) is 1.35.